The molecule has 7 nitrogen and oxygen atoms in total. The van der Waals surface area contributed by atoms with E-state index in [9.17, 15) is 9.59 Å². The summed E-state index contributed by atoms with van der Waals surface area (Å²) in [5.74, 6) is 0.997. The molecule has 4 unspecified atom stereocenters. The Morgan fingerprint density at radius 3 is 2.42 bits per heavy atom. The van der Waals surface area contributed by atoms with Crippen molar-refractivity contribution in [2.75, 3.05) is 39.4 Å². The Labute approximate surface area is 172 Å². The van der Waals surface area contributed by atoms with E-state index in [-0.39, 0.29) is 59.5 Å². The summed E-state index contributed by atoms with van der Waals surface area (Å²) in [7, 11) is 0. The predicted octanol–water partition coefficient (Wildman–Crippen LogP) is 1.00. The van der Waals surface area contributed by atoms with Crippen LogP contribution < -0.4 is 10.6 Å². The minimum absolute atomic E-state index is 0. The molecule has 2 fully saturated rings. The molecule has 3 aliphatic rings. The van der Waals surface area contributed by atoms with Crippen LogP contribution in [0.15, 0.2) is 17.1 Å². The molecule has 2 amide bonds. The lowest BCUT2D eigenvalue weighted by Crippen LogP contribution is -2.43. The van der Waals surface area contributed by atoms with Crippen molar-refractivity contribution >= 4 is 41.8 Å². The lowest BCUT2D eigenvalue weighted by Gasteiger charge is -2.18. The molecule has 1 aliphatic heterocycles. The number of carbonyl (C=O) groups excluding carboxylic acids is 2. The number of hydrogen-bond acceptors (Lipinski definition) is 4. The van der Waals surface area contributed by atoms with E-state index in [2.05, 4.69) is 27.8 Å². The van der Waals surface area contributed by atoms with Gasteiger partial charge < -0.3 is 15.4 Å². The van der Waals surface area contributed by atoms with Crippen LogP contribution in [0.1, 0.15) is 20.3 Å². The summed E-state index contributed by atoms with van der Waals surface area (Å²) in [6.45, 7) is 7.42. The first-order valence-electron chi connectivity index (χ1n) is 9.30. The fourth-order valence-electron chi connectivity index (χ4n) is 4.18. The maximum atomic E-state index is 12.6. The van der Waals surface area contributed by atoms with Crippen LogP contribution in [0.4, 0.5) is 0 Å². The quantitative estimate of drug-likeness (QED) is 0.137. The number of hydrogen-bond donors (Lipinski definition) is 2. The molecule has 2 aliphatic carbocycles. The van der Waals surface area contributed by atoms with Crippen molar-refractivity contribution in [3.63, 3.8) is 0 Å². The van der Waals surface area contributed by atoms with Crippen LogP contribution in [-0.4, -0.2) is 62.1 Å². The Morgan fingerprint density at radius 2 is 1.85 bits per heavy atom. The number of nitrogens with one attached hydrogen (secondary N) is 2. The van der Waals surface area contributed by atoms with Crippen molar-refractivity contribution in [3.8, 4) is 0 Å². The molecule has 1 heterocycles. The number of allylic oxidation sites excluding steroid dienone is 2. The normalized spacial score (nSPS) is 29.2. The number of rotatable bonds is 8. The predicted molar refractivity (Wildman–Crippen MR) is 110 cm³/mol. The first-order valence-corrected chi connectivity index (χ1v) is 9.30. The molecule has 1 saturated heterocycles. The van der Waals surface area contributed by atoms with E-state index in [4.69, 9.17) is 4.74 Å². The van der Waals surface area contributed by atoms with E-state index in [1.165, 1.54) is 4.90 Å². The van der Waals surface area contributed by atoms with Gasteiger partial charge in [-0.25, -0.2) is 0 Å². The molecule has 3 rings (SSSR count). The maximum absolute atomic E-state index is 12.6. The first kappa shape index (κ1) is 21.1. The van der Waals surface area contributed by atoms with Gasteiger partial charge >= 0.3 is 0 Å². The molecule has 0 aromatic rings. The van der Waals surface area contributed by atoms with Gasteiger partial charge in [-0.1, -0.05) is 12.2 Å². The van der Waals surface area contributed by atoms with Gasteiger partial charge in [0.15, 0.2) is 5.96 Å². The highest BCUT2D eigenvalue weighted by atomic mass is 127. The van der Waals surface area contributed by atoms with Crippen LogP contribution in [0.25, 0.3) is 0 Å². The Kier molecular flexibility index (Phi) is 7.87. The first-order chi connectivity index (χ1) is 12.2. The maximum Gasteiger partial charge on any atom is 0.233 e. The molecule has 8 heteroatoms. The van der Waals surface area contributed by atoms with Crippen molar-refractivity contribution in [3.05, 3.63) is 12.2 Å². The summed E-state index contributed by atoms with van der Waals surface area (Å²) < 4.78 is 5.28. The lowest BCUT2D eigenvalue weighted by atomic mass is 9.85. The van der Waals surface area contributed by atoms with E-state index in [0.717, 1.165) is 13.0 Å². The second kappa shape index (κ2) is 9.68. The molecule has 2 bridgehead atoms. The van der Waals surface area contributed by atoms with Gasteiger partial charge in [0, 0.05) is 26.2 Å². The van der Waals surface area contributed by atoms with Crippen LogP contribution in [0.3, 0.4) is 0 Å². The Hall–Kier alpha value is -1.16. The van der Waals surface area contributed by atoms with Crippen molar-refractivity contribution in [1.82, 2.24) is 15.5 Å². The molecule has 146 valence electrons. The Morgan fingerprint density at radius 1 is 1.19 bits per heavy atom. The van der Waals surface area contributed by atoms with Gasteiger partial charge in [0.25, 0.3) is 0 Å². The molecular formula is C18H29IN4O3. The molecular weight excluding hydrogens is 447 g/mol. The van der Waals surface area contributed by atoms with Crippen LogP contribution in [0.2, 0.25) is 0 Å². The van der Waals surface area contributed by atoms with Gasteiger partial charge in [0.2, 0.25) is 11.8 Å². The average molecular weight is 476 g/mol. The lowest BCUT2D eigenvalue weighted by molar-refractivity contribution is -0.140. The van der Waals surface area contributed by atoms with Gasteiger partial charge in [-0.15, -0.1) is 24.0 Å². The van der Waals surface area contributed by atoms with Gasteiger partial charge in [0.1, 0.15) is 0 Å². The van der Waals surface area contributed by atoms with Crippen LogP contribution >= 0.6 is 24.0 Å². The van der Waals surface area contributed by atoms with Crippen molar-refractivity contribution in [2.24, 2.45) is 28.7 Å². The number of likely N-dealkylation sites (tertiary alicyclic amines) is 1. The standard InChI is InChI=1S/C18H28N4O3.HI/c1-3-19-18(21-8-10-25-4-2)20-7-9-22-16(23)14-12-5-6-13(11-12)15(14)17(22)24;/h5-6,12-15H,3-4,7-11H2,1-2H3,(H2,19,20,21);1H. The Bertz CT molecular complexity index is 551. The van der Waals surface area contributed by atoms with E-state index in [1.807, 2.05) is 13.8 Å². The third-order valence-corrected chi connectivity index (χ3v) is 5.24. The number of ether oxygens (including phenoxy) is 1. The number of halogens is 1. The number of fused-ring (bicyclic) bond motifs is 5. The van der Waals surface area contributed by atoms with Crippen molar-refractivity contribution < 1.29 is 14.3 Å². The average Bonchev–Trinajstić information content (AvgIpc) is 3.28. The van der Waals surface area contributed by atoms with Gasteiger partial charge in [-0.3, -0.25) is 19.5 Å². The molecule has 1 saturated carbocycles. The number of imide groups is 1. The summed E-state index contributed by atoms with van der Waals surface area (Å²) in [5, 5.41) is 6.35. The second-order valence-electron chi connectivity index (χ2n) is 6.71. The number of aliphatic imine (C=N–C) groups is 1. The third kappa shape index (κ3) is 4.21. The molecule has 4 atom stereocenters. The number of carbonyl (C=O) groups is 2. The highest BCUT2D eigenvalue weighted by Gasteiger charge is 2.58. The molecule has 0 radical (unpaired) electrons. The zero-order valence-corrected chi connectivity index (χ0v) is 17.8. The van der Waals surface area contributed by atoms with Crippen molar-refractivity contribution in [2.45, 2.75) is 20.3 Å². The molecule has 26 heavy (non-hydrogen) atoms. The van der Waals surface area contributed by atoms with E-state index in [0.29, 0.717) is 38.8 Å². The third-order valence-electron chi connectivity index (χ3n) is 5.24. The molecule has 2 N–H and O–H groups in total. The monoisotopic (exact) mass is 476 g/mol. The summed E-state index contributed by atoms with van der Waals surface area (Å²) in [6.07, 6.45) is 5.20. The largest absolute Gasteiger partial charge is 0.380 e. The number of amides is 2. The zero-order chi connectivity index (χ0) is 17.8. The molecule has 0 spiro atoms. The summed E-state index contributed by atoms with van der Waals surface area (Å²) in [4.78, 5) is 31.1. The fourth-order valence-corrected chi connectivity index (χ4v) is 4.18. The summed E-state index contributed by atoms with van der Waals surface area (Å²) in [5.41, 5.74) is 0. The highest BCUT2D eigenvalue weighted by molar-refractivity contribution is 14.0. The Balaban J connectivity index is 0.00000243. The van der Waals surface area contributed by atoms with Gasteiger partial charge in [-0.05, 0) is 32.1 Å². The highest BCUT2D eigenvalue weighted by Crippen LogP contribution is 2.52. The smallest absolute Gasteiger partial charge is 0.233 e. The van der Waals surface area contributed by atoms with Gasteiger partial charge in [-0.2, -0.15) is 0 Å². The SMILES string of the molecule is CCNC(=NCCOCC)NCCN1C(=O)C2C3C=CC(C3)C2C1=O.I. The molecule has 0 aromatic heterocycles. The second-order valence-corrected chi connectivity index (χ2v) is 6.71. The zero-order valence-electron chi connectivity index (χ0n) is 15.4. The van der Waals surface area contributed by atoms with Crippen LogP contribution in [0, 0.1) is 23.7 Å². The van der Waals surface area contributed by atoms with Crippen LogP contribution in [-0.2, 0) is 14.3 Å². The fraction of sp³-hybridized carbons (Fsp3) is 0.722. The van der Waals surface area contributed by atoms with E-state index in [1.54, 1.807) is 0 Å². The summed E-state index contributed by atoms with van der Waals surface area (Å²) >= 11 is 0. The minimum Gasteiger partial charge on any atom is -0.380 e. The van der Waals surface area contributed by atoms with Gasteiger partial charge in [0.05, 0.1) is 25.0 Å². The topological polar surface area (TPSA) is 83.0 Å². The van der Waals surface area contributed by atoms with Crippen molar-refractivity contribution in [1.29, 1.82) is 0 Å². The number of nitrogens with zero attached hydrogens (tertiary/aromatic N) is 2. The van der Waals surface area contributed by atoms with E-state index >= 15 is 0 Å². The van der Waals surface area contributed by atoms with E-state index < -0.39 is 0 Å². The summed E-state index contributed by atoms with van der Waals surface area (Å²) in [6, 6.07) is 0. The minimum atomic E-state index is -0.115. The number of guanidine groups is 1. The van der Waals surface area contributed by atoms with Crippen LogP contribution in [0.5, 0.6) is 0 Å². The molecule has 0 aromatic carbocycles.